The number of hydrogen-bond donors (Lipinski definition) is 3. The van der Waals surface area contributed by atoms with Gasteiger partial charge in [-0.05, 0) is 56.0 Å². The minimum absolute atomic E-state index is 0.0724. The third-order valence-electron chi connectivity index (χ3n) is 10.2. The molecule has 0 saturated carbocycles. The second-order valence-electron chi connectivity index (χ2n) is 14.1. The third kappa shape index (κ3) is 7.42. The van der Waals surface area contributed by atoms with Crippen LogP contribution in [0.3, 0.4) is 0 Å². The lowest BCUT2D eigenvalue weighted by Crippen LogP contribution is -2.53. The normalized spacial score (nSPS) is 23.0. The van der Waals surface area contributed by atoms with E-state index in [0.717, 1.165) is 43.0 Å². The van der Waals surface area contributed by atoms with Gasteiger partial charge in [0.05, 0.1) is 17.8 Å². The number of halogens is 1. The van der Waals surface area contributed by atoms with Gasteiger partial charge in [-0.1, -0.05) is 43.3 Å². The highest BCUT2D eigenvalue weighted by Gasteiger charge is 2.44. The summed E-state index contributed by atoms with van der Waals surface area (Å²) in [6.07, 6.45) is 2.20. The Balaban J connectivity index is 1.08. The molecule has 3 saturated heterocycles. The van der Waals surface area contributed by atoms with Gasteiger partial charge in [-0.3, -0.25) is 19.2 Å². The van der Waals surface area contributed by atoms with E-state index in [4.69, 9.17) is 4.52 Å². The SMILES string of the molecule is CC(C)[C@H](C(=O)N1C[C@H](O)C[C@H]1C(=O)N[C@@H](C)c1ccc(-c2ccnn2C)cc1)c1cc(N2CCN(CC3(F)CCNCC3)CC2)no1. The first-order valence-electron chi connectivity index (χ1n) is 17.2. The number of nitrogens with zero attached hydrogens (tertiary/aromatic N) is 6. The van der Waals surface area contributed by atoms with E-state index in [2.05, 4.69) is 30.7 Å². The molecule has 260 valence electrons. The number of aliphatic hydroxyl groups excluding tert-OH is 1. The van der Waals surface area contributed by atoms with Crippen LogP contribution in [0.1, 0.15) is 63.3 Å². The Labute approximate surface area is 281 Å². The van der Waals surface area contributed by atoms with Crippen molar-refractivity contribution in [3.05, 3.63) is 53.9 Å². The predicted molar refractivity (Wildman–Crippen MR) is 180 cm³/mol. The number of carbonyl (C=O) groups excluding carboxylic acids is 2. The molecular weight excluding hydrogens is 615 g/mol. The van der Waals surface area contributed by atoms with Crippen molar-refractivity contribution in [2.75, 3.05) is 57.3 Å². The summed E-state index contributed by atoms with van der Waals surface area (Å²) in [4.78, 5) is 33.5. The highest BCUT2D eigenvalue weighted by atomic mass is 19.1. The summed E-state index contributed by atoms with van der Waals surface area (Å²) in [6, 6.07) is 10.6. The van der Waals surface area contributed by atoms with E-state index in [1.54, 1.807) is 6.20 Å². The molecule has 0 bridgehead atoms. The number of piperidine rings is 1. The molecule has 0 radical (unpaired) electrons. The van der Waals surface area contributed by atoms with Crippen LogP contribution in [0.4, 0.5) is 10.2 Å². The summed E-state index contributed by atoms with van der Waals surface area (Å²) in [5.41, 5.74) is 1.80. The highest BCUT2D eigenvalue weighted by Crippen LogP contribution is 2.33. The van der Waals surface area contributed by atoms with Gasteiger partial charge < -0.3 is 30.1 Å². The molecule has 3 N–H and O–H groups in total. The van der Waals surface area contributed by atoms with E-state index in [-0.39, 0.29) is 36.7 Å². The quantitative estimate of drug-likeness (QED) is 0.300. The van der Waals surface area contributed by atoms with Gasteiger partial charge in [0.2, 0.25) is 11.8 Å². The molecule has 1 aromatic carbocycles. The van der Waals surface area contributed by atoms with Crippen molar-refractivity contribution < 1.29 is 23.6 Å². The van der Waals surface area contributed by atoms with Gasteiger partial charge in [-0.15, -0.1) is 0 Å². The Kier molecular flexibility index (Phi) is 10.2. The van der Waals surface area contributed by atoms with Gasteiger partial charge in [-0.25, -0.2) is 4.39 Å². The molecule has 2 amide bonds. The number of amides is 2. The molecule has 13 heteroatoms. The summed E-state index contributed by atoms with van der Waals surface area (Å²) in [5.74, 6) is -0.291. The molecule has 6 rings (SSSR count). The molecule has 0 spiro atoms. The van der Waals surface area contributed by atoms with Crippen LogP contribution in [0.15, 0.2) is 47.1 Å². The van der Waals surface area contributed by atoms with Gasteiger partial charge in [0, 0.05) is 65.0 Å². The third-order valence-corrected chi connectivity index (χ3v) is 10.2. The maximum atomic E-state index is 15.3. The number of aromatic nitrogens is 3. The summed E-state index contributed by atoms with van der Waals surface area (Å²) >= 11 is 0. The number of nitrogens with one attached hydrogen (secondary N) is 2. The van der Waals surface area contributed by atoms with Crippen LogP contribution in [0, 0.1) is 5.92 Å². The van der Waals surface area contributed by atoms with E-state index in [0.29, 0.717) is 44.1 Å². The van der Waals surface area contributed by atoms with E-state index in [9.17, 15) is 14.7 Å². The van der Waals surface area contributed by atoms with Crippen molar-refractivity contribution in [1.29, 1.82) is 0 Å². The second kappa shape index (κ2) is 14.4. The first kappa shape index (κ1) is 34.1. The number of likely N-dealkylation sites (tertiary alicyclic amines) is 1. The summed E-state index contributed by atoms with van der Waals surface area (Å²) < 4.78 is 22.9. The van der Waals surface area contributed by atoms with Crippen molar-refractivity contribution in [1.82, 2.24) is 35.4 Å². The number of rotatable bonds is 10. The molecule has 0 aliphatic carbocycles. The molecule has 48 heavy (non-hydrogen) atoms. The van der Waals surface area contributed by atoms with Crippen LogP contribution < -0.4 is 15.5 Å². The summed E-state index contributed by atoms with van der Waals surface area (Å²) in [6.45, 7) is 10.6. The van der Waals surface area contributed by atoms with Gasteiger partial charge in [-0.2, -0.15) is 5.10 Å². The molecule has 3 aliphatic heterocycles. The van der Waals surface area contributed by atoms with Crippen LogP contribution >= 0.6 is 0 Å². The fraction of sp³-hybridized carbons (Fsp3) is 0.600. The number of aryl methyl sites for hydroxylation is 1. The van der Waals surface area contributed by atoms with E-state index in [1.807, 2.05) is 68.9 Å². The molecule has 4 atom stereocenters. The monoisotopic (exact) mass is 664 g/mol. The molecule has 3 aromatic rings. The number of benzene rings is 1. The number of hydrogen-bond acceptors (Lipinski definition) is 9. The zero-order chi connectivity index (χ0) is 34.0. The van der Waals surface area contributed by atoms with Crippen LogP contribution in [0.5, 0.6) is 0 Å². The predicted octanol–water partition coefficient (Wildman–Crippen LogP) is 2.87. The van der Waals surface area contributed by atoms with Crippen molar-refractivity contribution in [3.8, 4) is 11.3 Å². The van der Waals surface area contributed by atoms with Crippen molar-refractivity contribution in [3.63, 3.8) is 0 Å². The summed E-state index contributed by atoms with van der Waals surface area (Å²) in [7, 11) is 1.89. The number of anilines is 1. The molecule has 12 nitrogen and oxygen atoms in total. The topological polar surface area (TPSA) is 132 Å². The minimum atomic E-state index is -1.14. The molecule has 3 aliphatic rings. The maximum Gasteiger partial charge on any atom is 0.243 e. The average Bonchev–Trinajstić information content (AvgIpc) is 3.82. The van der Waals surface area contributed by atoms with E-state index >= 15 is 4.39 Å². The lowest BCUT2D eigenvalue weighted by atomic mass is 9.91. The smallest absolute Gasteiger partial charge is 0.243 e. The number of carbonyl (C=O) groups is 2. The van der Waals surface area contributed by atoms with Crippen LogP contribution in [-0.4, -0.2) is 112 Å². The van der Waals surface area contributed by atoms with Crippen molar-refractivity contribution in [2.45, 2.75) is 69.8 Å². The fourth-order valence-corrected chi connectivity index (χ4v) is 7.36. The van der Waals surface area contributed by atoms with E-state index in [1.165, 1.54) is 4.90 Å². The van der Waals surface area contributed by atoms with E-state index < -0.39 is 23.7 Å². The Morgan fingerprint density at radius 1 is 1.10 bits per heavy atom. The molecule has 5 heterocycles. The standard InChI is InChI=1S/C35H49FN8O4/c1-23(2)32(30-20-31(40-48-30)43-17-15-42(16-18-43)22-35(36)10-13-37-14-11-35)34(47)44-21-27(45)19-29(44)33(46)39-24(3)25-5-7-26(8-6-25)28-9-12-38-41(28)4/h5-9,12,20,23-24,27,29,32,37,45H,10-11,13-19,21-22H2,1-4H3,(H,39,46)/t24-,27+,29-,32-/m0/s1. The van der Waals surface area contributed by atoms with Crippen molar-refractivity contribution >= 4 is 17.6 Å². The Bertz CT molecular complexity index is 1540. The molecule has 3 fully saturated rings. The minimum Gasteiger partial charge on any atom is -0.391 e. The van der Waals surface area contributed by atoms with Gasteiger partial charge in [0.1, 0.15) is 17.6 Å². The Morgan fingerprint density at radius 3 is 2.46 bits per heavy atom. The van der Waals surface area contributed by atoms with Crippen molar-refractivity contribution in [2.24, 2.45) is 13.0 Å². The zero-order valence-corrected chi connectivity index (χ0v) is 28.4. The number of aliphatic hydroxyl groups is 1. The zero-order valence-electron chi connectivity index (χ0n) is 28.4. The Hall–Kier alpha value is -3.81. The fourth-order valence-electron chi connectivity index (χ4n) is 7.36. The Morgan fingerprint density at radius 2 is 1.81 bits per heavy atom. The lowest BCUT2D eigenvalue weighted by molar-refractivity contribution is -0.141. The largest absolute Gasteiger partial charge is 0.391 e. The first-order chi connectivity index (χ1) is 23.0. The highest BCUT2D eigenvalue weighted by molar-refractivity contribution is 5.91. The van der Waals surface area contributed by atoms with Gasteiger partial charge >= 0.3 is 0 Å². The van der Waals surface area contributed by atoms with Gasteiger partial charge in [0.15, 0.2) is 11.6 Å². The first-order valence-corrected chi connectivity index (χ1v) is 17.2. The average molecular weight is 665 g/mol. The lowest BCUT2D eigenvalue weighted by Gasteiger charge is -2.39. The second-order valence-corrected chi connectivity index (χ2v) is 14.1. The molecular formula is C35H49FN8O4. The number of alkyl halides is 1. The summed E-state index contributed by atoms with van der Waals surface area (Å²) in [5, 5.41) is 25.5. The van der Waals surface area contributed by atoms with Crippen LogP contribution in [-0.2, 0) is 16.6 Å². The van der Waals surface area contributed by atoms with Gasteiger partial charge in [0.25, 0.3) is 0 Å². The number of β-amino-alcohol motifs (C(OH)–C–C–N with tert-alkyl or cyclic N) is 1. The number of piperazine rings is 1. The molecule has 2 aromatic heterocycles. The molecule has 0 unspecified atom stereocenters. The maximum absolute atomic E-state index is 15.3. The van der Waals surface area contributed by atoms with Crippen LogP contribution in [0.2, 0.25) is 0 Å². The van der Waals surface area contributed by atoms with Crippen LogP contribution in [0.25, 0.3) is 11.3 Å².